The fourth-order valence-electron chi connectivity index (χ4n) is 3.05. The second kappa shape index (κ2) is 7.24. The van der Waals surface area contributed by atoms with Gasteiger partial charge in [0.1, 0.15) is 21.6 Å². The van der Waals surface area contributed by atoms with E-state index in [4.69, 9.17) is 4.74 Å². The minimum absolute atomic E-state index is 0.190. The van der Waals surface area contributed by atoms with E-state index in [0.717, 1.165) is 16.7 Å². The maximum Gasteiger partial charge on any atom is 0.354 e. The normalized spacial score (nSPS) is 23.9. The van der Waals surface area contributed by atoms with Crippen LogP contribution in [0.25, 0.3) is 0 Å². The minimum Gasteiger partial charge on any atom is -0.477 e. The third-order valence-corrected chi connectivity index (χ3v) is 7.30. The summed E-state index contributed by atoms with van der Waals surface area (Å²) in [5, 5.41) is 8.92. The summed E-state index contributed by atoms with van der Waals surface area (Å²) in [5.41, 5.74) is 0.430. The van der Waals surface area contributed by atoms with Crippen molar-refractivity contribution in [3.63, 3.8) is 0 Å². The Hall–Kier alpha value is -2.13. The Balaban J connectivity index is 1.95. The number of thioether (sulfide) groups is 1. The molecule has 3 unspecified atom stereocenters. The summed E-state index contributed by atoms with van der Waals surface area (Å²) >= 11 is 1.10. The third kappa shape index (κ3) is 3.05. The maximum absolute atomic E-state index is 12.7. The fraction of sp³-hybridized carbons (Fsp3) is 0.353. The van der Waals surface area contributed by atoms with Gasteiger partial charge in [-0.15, -0.1) is 0 Å². The molecule has 0 aromatic heterocycles. The zero-order chi connectivity index (χ0) is 19.0. The first-order valence-electron chi connectivity index (χ1n) is 7.94. The van der Waals surface area contributed by atoms with Crippen LogP contribution in [0.3, 0.4) is 0 Å². The number of amides is 1. The summed E-state index contributed by atoms with van der Waals surface area (Å²) in [6, 6.07) is 8.85. The van der Waals surface area contributed by atoms with Crippen molar-refractivity contribution in [1.29, 1.82) is 0 Å². The molecule has 1 amide bonds. The van der Waals surface area contributed by atoms with Gasteiger partial charge in [0.25, 0.3) is 0 Å². The number of carboxylic acid groups (broad SMARTS) is 1. The van der Waals surface area contributed by atoms with Crippen LogP contribution in [0.1, 0.15) is 25.5 Å². The second-order valence-corrected chi connectivity index (χ2v) is 8.82. The van der Waals surface area contributed by atoms with E-state index < -0.39 is 46.0 Å². The van der Waals surface area contributed by atoms with Crippen LogP contribution in [0, 0.1) is 5.92 Å². The first-order valence-corrected chi connectivity index (χ1v) is 10.1. The van der Waals surface area contributed by atoms with Gasteiger partial charge in [0.2, 0.25) is 5.91 Å². The molecule has 2 aliphatic rings. The molecular formula is C17H17NO6S2. The van der Waals surface area contributed by atoms with Gasteiger partial charge in [0.05, 0.1) is 10.8 Å². The van der Waals surface area contributed by atoms with Crippen molar-refractivity contribution >= 4 is 40.4 Å². The number of benzene rings is 1. The lowest BCUT2D eigenvalue weighted by Crippen LogP contribution is -2.59. The first-order chi connectivity index (χ1) is 12.4. The zero-order valence-corrected chi connectivity index (χ0v) is 15.7. The molecular weight excluding hydrogens is 378 g/mol. The lowest BCUT2D eigenvalue weighted by molar-refractivity contribution is -0.167. The molecule has 26 heavy (non-hydrogen) atoms. The van der Waals surface area contributed by atoms with Gasteiger partial charge in [-0.25, -0.2) is 4.79 Å². The smallest absolute Gasteiger partial charge is 0.354 e. The number of rotatable bonds is 6. The molecule has 9 heteroatoms. The quantitative estimate of drug-likeness (QED) is 0.579. The van der Waals surface area contributed by atoms with Gasteiger partial charge in [-0.1, -0.05) is 49.0 Å². The zero-order valence-electron chi connectivity index (χ0n) is 14.1. The van der Waals surface area contributed by atoms with Crippen LogP contribution in [0.4, 0.5) is 0 Å². The van der Waals surface area contributed by atoms with Gasteiger partial charge in [0, 0.05) is 12.7 Å². The van der Waals surface area contributed by atoms with Gasteiger partial charge in [0.15, 0.2) is 5.70 Å². The molecule has 3 rings (SSSR count). The molecule has 2 aliphatic heterocycles. The molecule has 138 valence electrons. The number of carboxylic acids is 1. The number of aliphatic carboxylic acids is 1. The highest BCUT2D eigenvalue weighted by atomic mass is 32.2. The number of esters is 1. The number of carbonyl (C=O) groups excluding carboxylic acids is 2. The predicted molar refractivity (Wildman–Crippen MR) is 96.0 cm³/mol. The van der Waals surface area contributed by atoms with Gasteiger partial charge in [-0.2, -0.15) is 0 Å². The Kier molecular flexibility index (Phi) is 5.19. The van der Waals surface area contributed by atoms with Crippen molar-refractivity contribution in [2.45, 2.75) is 25.3 Å². The molecule has 1 aromatic carbocycles. The number of nitrogens with zero attached hydrogens (tertiary/aromatic N) is 1. The Morgan fingerprint density at radius 1 is 1.35 bits per heavy atom. The molecule has 1 aromatic rings. The second-order valence-electron chi connectivity index (χ2n) is 5.76. The Labute approximate surface area is 156 Å². The van der Waals surface area contributed by atoms with E-state index in [9.17, 15) is 23.7 Å². The van der Waals surface area contributed by atoms with Crippen LogP contribution in [0.15, 0.2) is 40.3 Å². The van der Waals surface area contributed by atoms with Crippen molar-refractivity contribution in [3.8, 4) is 0 Å². The van der Waals surface area contributed by atoms with E-state index >= 15 is 0 Å². The Morgan fingerprint density at radius 3 is 2.54 bits per heavy atom. The standard InChI is InChI=1S/C17H17NO6S2/c1-3-26(23)17-12(16(21)22)18-14(20)11(15(18)25-17)13(24-9(2)19)10-7-5-4-6-8-10/h4-8,11,13,15H,3H2,1-2H3,(H,21,22)/t11?,13?,15-,26?/m1/s1. The Morgan fingerprint density at radius 2 is 2.00 bits per heavy atom. The fourth-order valence-corrected chi connectivity index (χ4v) is 6.03. The lowest BCUT2D eigenvalue weighted by Gasteiger charge is -2.45. The van der Waals surface area contributed by atoms with Crippen LogP contribution < -0.4 is 0 Å². The topological polar surface area (TPSA) is 101 Å². The molecule has 1 fully saturated rings. The van der Waals surface area contributed by atoms with E-state index in [1.807, 2.05) is 0 Å². The molecule has 0 spiro atoms. The largest absolute Gasteiger partial charge is 0.477 e. The number of fused-ring (bicyclic) bond motifs is 1. The van der Waals surface area contributed by atoms with Crippen LogP contribution in [-0.4, -0.2) is 43.2 Å². The van der Waals surface area contributed by atoms with Gasteiger partial charge in [-0.3, -0.25) is 18.7 Å². The van der Waals surface area contributed by atoms with E-state index in [1.54, 1.807) is 37.3 Å². The van der Waals surface area contributed by atoms with Crippen molar-refractivity contribution in [2.24, 2.45) is 5.92 Å². The number of β-lactam (4-membered cyclic amide) rings is 1. The summed E-state index contributed by atoms with van der Waals surface area (Å²) in [6.07, 6.45) is -0.820. The molecule has 0 bridgehead atoms. The average molecular weight is 395 g/mol. The maximum atomic E-state index is 12.7. The van der Waals surface area contributed by atoms with Crippen LogP contribution in [-0.2, 0) is 29.9 Å². The number of hydrogen-bond acceptors (Lipinski definition) is 6. The number of hydrogen-bond donors (Lipinski definition) is 1. The predicted octanol–water partition coefficient (Wildman–Crippen LogP) is 1.84. The molecule has 4 atom stereocenters. The van der Waals surface area contributed by atoms with Crippen LogP contribution in [0.5, 0.6) is 0 Å². The highest BCUT2D eigenvalue weighted by Gasteiger charge is 2.60. The van der Waals surface area contributed by atoms with E-state index in [0.29, 0.717) is 5.56 Å². The highest BCUT2D eigenvalue weighted by molar-refractivity contribution is 8.17. The van der Waals surface area contributed by atoms with Gasteiger partial charge in [-0.05, 0) is 5.56 Å². The summed E-state index contributed by atoms with van der Waals surface area (Å²) in [6.45, 7) is 2.95. The summed E-state index contributed by atoms with van der Waals surface area (Å²) in [5.74, 6) is -2.74. The molecule has 1 saturated heterocycles. The molecule has 0 radical (unpaired) electrons. The van der Waals surface area contributed by atoms with Crippen molar-refractivity contribution in [1.82, 2.24) is 4.90 Å². The minimum atomic E-state index is -1.49. The van der Waals surface area contributed by atoms with Crippen molar-refractivity contribution in [2.75, 3.05) is 5.75 Å². The summed E-state index contributed by atoms with van der Waals surface area (Å²) in [4.78, 5) is 37.1. The first kappa shape index (κ1) is 18.7. The number of carbonyl (C=O) groups is 3. The van der Waals surface area contributed by atoms with Gasteiger partial charge >= 0.3 is 11.9 Å². The molecule has 0 saturated carbocycles. The van der Waals surface area contributed by atoms with Crippen molar-refractivity contribution < 1.29 is 28.4 Å². The lowest BCUT2D eigenvalue weighted by atomic mass is 9.87. The molecule has 1 N–H and O–H groups in total. The highest BCUT2D eigenvalue weighted by Crippen LogP contribution is 2.54. The van der Waals surface area contributed by atoms with E-state index in [1.165, 1.54) is 6.92 Å². The summed E-state index contributed by atoms with van der Waals surface area (Å²) < 4.78 is 17.8. The monoisotopic (exact) mass is 395 g/mol. The SMILES string of the molecule is CCS(=O)C1=C(C(=O)O)N2C(=O)C(C(OC(C)=O)c3ccccc3)[C@H]2S1. The molecule has 7 nitrogen and oxygen atoms in total. The van der Waals surface area contributed by atoms with Crippen molar-refractivity contribution in [3.05, 3.63) is 45.8 Å². The molecule has 0 aliphatic carbocycles. The van der Waals surface area contributed by atoms with E-state index in [-0.39, 0.29) is 15.7 Å². The van der Waals surface area contributed by atoms with Gasteiger partial charge < -0.3 is 9.84 Å². The molecule has 2 heterocycles. The summed E-state index contributed by atoms with van der Waals surface area (Å²) in [7, 11) is -1.49. The average Bonchev–Trinajstić information content (AvgIpc) is 2.96. The van der Waals surface area contributed by atoms with Crippen LogP contribution in [0.2, 0.25) is 0 Å². The number of ether oxygens (including phenoxy) is 1. The van der Waals surface area contributed by atoms with Crippen LogP contribution >= 0.6 is 11.8 Å². The van der Waals surface area contributed by atoms with E-state index in [2.05, 4.69) is 0 Å². The third-order valence-electron chi connectivity index (χ3n) is 4.17. The Bertz CT molecular complexity index is 822.